The van der Waals surface area contributed by atoms with Crippen LogP contribution >= 0.6 is 23.2 Å². The number of hydrogen-bond donors (Lipinski definition) is 1. The summed E-state index contributed by atoms with van der Waals surface area (Å²) < 4.78 is 10.7. The largest absolute Gasteiger partial charge is 0.493 e. The van der Waals surface area contributed by atoms with Crippen LogP contribution in [0.4, 0.5) is 0 Å². The van der Waals surface area contributed by atoms with Crippen LogP contribution in [-0.4, -0.2) is 19.9 Å². The van der Waals surface area contributed by atoms with Gasteiger partial charge in [0.1, 0.15) is 6.61 Å². The molecule has 0 aliphatic carbocycles. The van der Waals surface area contributed by atoms with E-state index in [1.807, 2.05) is 24.3 Å². The minimum absolute atomic E-state index is 0.114. The monoisotopic (exact) mass is 362 g/mol. The van der Waals surface area contributed by atoms with Crippen LogP contribution in [0.5, 0.6) is 11.5 Å². The van der Waals surface area contributed by atoms with E-state index >= 15 is 0 Å². The molecule has 0 bridgehead atoms. The van der Waals surface area contributed by atoms with Gasteiger partial charge in [-0.25, -0.2) is 0 Å². The molecule has 2 aromatic rings. The van der Waals surface area contributed by atoms with E-state index in [1.54, 1.807) is 18.3 Å². The van der Waals surface area contributed by atoms with Gasteiger partial charge in [0.15, 0.2) is 11.5 Å². The minimum atomic E-state index is 0.114. The molecule has 0 spiro atoms. The normalized spacial score (nSPS) is 10.4. The number of hydrazone groups is 1. The Kier molecular flexibility index (Phi) is 6.80. The molecule has 0 atom stereocenters. The highest BCUT2D eigenvalue weighted by molar-refractivity contribution is 6.32. The predicted molar refractivity (Wildman–Crippen MR) is 98.2 cm³/mol. The SMILES string of the molecule is C#CCOc1c(Cl)cc(/C=N\NCc2ccccc2Cl)cc1OC. The number of ether oxygens (including phenoxy) is 2. The molecule has 0 amide bonds. The van der Waals surface area contributed by atoms with Crippen LogP contribution in [0, 0.1) is 12.3 Å². The first-order chi connectivity index (χ1) is 11.7. The Labute approximate surface area is 151 Å². The van der Waals surface area contributed by atoms with Crippen molar-refractivity contribution in [3.8, 4) is 23.8 Å². The molecule has 6 heteroatoms. The third-order valence-electron chi connectivity index (χ3n) is 3.08. The highest BCUT2D eigenvalue weighted by Crippen LogP contribution is 2.35. The lowest BCUT2D eigenvalue weighted by molar-refractivity contribution is 0.331. The molecule has 0 saturated heterocycles. The zero-order valence-electron chi connectivity index (χ0n) is 13.1. The fraction of sp³-hybridized carbons (Fsp3) is 0.167. The van der Waals surface area contributed by atoms with Gasteiger partial charge in [-0.3, -0.25) is 0 Å². The summed E-state index contributed by atoms with van der Waals surface area (Å²) in [6, 6.07) is 11.1. The molecule has 0 aliphatic rings. The molecular weight excluding hydrogens is 347 g/mol. The van der Waals surface area contributed by atoms with Gasteiger partial charge in [0, 0.05) is 5.02 Å². The predicted octanol–water partition coefficient (Wildman–Crippen LogP) is 4.14. The standard InChI is InChI=1S/C18H16Cl2N2O2/c1-3-8-24-18-16(20)9-13(10-17(18)23-2)11-21-22-12-14-6-4-5-7-15(14)19/h1,4-7,9-11,22H,8,12H2,2H3/b21-11-. The van der Waals surface area contributed by atoms with Gasteiger partial charge in [-0.2, -0.15) is 5.10 Å². The maximum atomic E-state index is 6.21. The maximum Gasteiger partial charge on any atom is 0.181 e. The number of rotatable bonds is 7. The van der Waals surface area contributed by atoms with E-state index in [1.165, 1.54) is 7.11 Å². The van der Waals surface area contributed by atoms with Crippen LogP contribution in [0.3, 0.4) is 0 Å². The van der Waals surface area contributed by atoms with E-state index in [2.05, 4.69) is 16.4 Å². The average molecular weight is 363 g/mol. The molecule has 0 aromatic heterocycles. The van der Waals surface area contributed by atoms with Gasteiger partial charge in [-0.15, -0.1) is 6.42 Å². The molecule has 1 N–H and O–H groups in total. The molecule has 4 nitrogen and oxygen atoms in total. The Morgan fingerprint density at radius 3 is 2.75 bits per heavy atom. The number of nitrogens with one attached hydrogen (secondary N) is 1. The van der Waals surface area contributed by atoms with Crippen LogP contribution < -0.4 is 14.9 Å². The van der Waals surface area contributed by atoms with E-state index < -0.39 is 0 Å². The van der Waals surface area contributed by atoms with Crippen LogP contribution in [0.15, 0.2) is 41.5 Å². The van der Waals surface area contributed by atoms with Crippen LogP contribution in [-0.2, 0) is 6.54 Å². The van der Waals surface area contributed by atoms with Crippen molar-refractivity contribution in [3.05, 3.63) is 57.6 Å². The van der Waals surface area contributed by atoms with Crippen molar-refractivity contribution < 1.29 is 9.47 Å². The van der Waals surface area contributed by atoms with E-state index in [0.29, 0.717) is 28.1 Å². The van der Waals surface area contributed by atoms with Crippen LogP contribution in [0.1, 0.15) is 11.1 Å². The molecule has 2 rings (SSSR count). The van der Waals surface area contributed by atoms with Gasteiger partial charge < -0.3 is 14.9 Å². The second kappa shape index (κ2) is 9.07. The molecule has 124 valence electrons. The van der Waals surface area contributed by atoms with Gasteiger partial charge in [-0.1, -0.05) is 47.3 Å². The lowest BCUT2D eigenvalue weighted by Gasteiger charge is -2.11. The quantitative estimate of drug-likeness (QED) is 0.457. The lowest BCUT2D eigenvalue weighted by atomic mass is 10.2. The molecule has 0 aliphatic heterocycles. The van der Waals surface area contributed by atoms with E-state index in [9.17, 15) is 0 Å². The summed E-state index contributed by atoms with van der Waals surface area (Å²) in [5, 5.41) is 5.26. The Hall–Kier alpha value is -2.35. The summed E-state index contributed by atoms with van der Waals surface area (Å²) in [6.45, 7) is 0.632. The molecular formula is C18H16Cl2N2O2. The Bertz CT molecular complexity index is 770. The fourth-order valence-electron chi connectivity index (χ4n) is 1.96. The number of nitrogens with zero attached hydrogens (tertiary/aromatic N) is 1. The molecule has 0 radical (unpaired) electrons. The zero-order chi connectivity index (χ0) is 17.4. The van der Waals surface area contributed by atoms with Gasteiger partial charge in [-0.05, 0) is 29.3 Å². The van der Waals surface area contributed by atoms with Crippen molar-refractivity contribution in [2.45, 2.75) is 6.54 Å². The molecule has 0 saturated carbocycles. The van der Waals surface area contributed by atoms with E-state index in [0.717, 1.165) is 11.1 Å². The van der Waals surface area contributed by atoms with Crippen LogP contribution in [0.25, 0.3) is 0 Å². The average Bonchev–Trinajstić information content (AvgIpc) is 2.58. The first-order valence-electron chi connectivity index (χ1n) is 7.09. The fourth-order valence-corrected chi connectivity index (χ4v) is 2.44. The van der Waals surface area contributed by atoms with Crippen molar-refractivity contribution in [3.63, 3.8) is 0 Å². The third-order valence-corrected chi connectivity index (χ3v) is 3.73. The Balaban J connectivity index is 2.05. The number of methoxy groups -OCH3 is 1. The second-order valence-electron chi connectivity index (χ2n) is 4.71. The van der Waals surface area contributed by atoms with Crippen molar-refractivity contribution >= 4 is 29.4 Å². The number of halogens is 2. The van der Waals surface area contributed by atoms with Gasteiger partial charge >= 0.3 is 0 Å². The molecule has 0 heterocycles. The first kappa shape index (κ1) is 18.0. The highest BCUT2D eigenvalue weighted by Gasteiger charge is 2.11. The summed E-state index contributed by atoms with van der Waals surface area (Å²) >= 11 is 12.3. The van der Waals surface area contributed by atoms with Crippen LogP contribution in [0.2, 0.25) is 10.0 Å². The Morgan fingerprint density at radius 2 is 2.04 bits per heavy atom. The van der Waals surface area contributed by atoms with Gasteiger partial charge in [0.05, 0.1) is 24.9 Å². The lowest BCUT2D eigenvalue weighted by Crippen LogP contribution is -2.06. The maximum absolute atomic E-state index is 6.21. The molecule has 24 heavy (non-hydrogen) atoms. The summed E-state index contributed by atoms with van der Waals surface area (Å²) in [5.41, 5.74) is 4.66. The molecule has 2 aromatic carbocycles. The van der Waals surface area contributed by atoms with Gasteiger partial charge in [0.2, 0.25) is 0 Å². The zero-order valence-corrected chi connectivity index (χ0v) is 14.6. The number of terminal acetylenes is 1. The number of benzene rings is 2. The van der Waals surface area contributed by atoms with Crippen molar-refractivity contribution in [2.75, 3.05) is 13.7 Å². The summed E-state index contributed by atoms with van der Waals surface area (Å²) in [4.78, 5) is 0. The summed E-state index contributed by atoms with van der Waals surface area (Å²) in [6.07, 6.45) is 6.82. The van der Waals surface area contributed by atoms with E-state index in [4.69, 9.17) is 39.1 Å². The third kappa shape index (κ3) is 4.82. The smallest absolute Gasteiger partial charge is 0.181 e. The number of hydrogen-bond acceptors (Lipinski definition) is 4. The first-order valence-corrected chi connectivity index (χ1v) is 7.84. The molecule has 0 unspecified atom stereocenters. The van der Waals surface area contributed by atoms with Gasteiger partial charge in [0.25, 0.3) is 0 Å². The second-order valence-corrected chi connectivity index (χ2v) is 5.53. The van der Waals surface area contributed by atoms with E-state index in [-0.39, 0.29) is 6.61 Å². The summed E-state index contributed by atoms with van der Waals surface area (Å²) in [5.74, 6) is 3.29. The summed E-state index contributed by atoms with van der Waals surface area (Å²) in [7, 11) is 1.53. The van der Waals surface area contributed by atoms with Crippen molar-refractivity contribution in [1.29, 1.82) is 0 Å². The Morgan fingerprint density at radius 1 is 1.25 bits per heavy atom. The minimum Gasteiger partial charge on any atom is -0.493 e. The highest BCUT2D eigenvalue weighted by atomic mass is 35.5. The molecule has 0 fully saturated rings. The topological polar surface area (TPSA) is 42.8 Å². The van der Waals surface area contributed by atoms with Crippen molar-refractivity contribution in [2.24, 2.45) is 5.10 Å². The van der Waals surface area contributed by atoms with Crippen molar-refractivity contribution in [1.82, 2.24) is 5.43 Å².